The number of hydrogen-bond acceptors (Lipinski definition) is 8. The molecule has 0 fully saturated rings. The van der Waals surface area contributed by atoms with Crippen LogP contribution in [0.1, 0.15) is 29.9 Å². The number of aromatic hydroxyl groups is 1. The van der Waals surface area contributed by atoms with Crippen molar-refractivity contribution in [1.29, 1.82) is 0 Å². The van der Waals surface area contributed by atoms with Crippen molar-refractivity contribution in [2.45, 2.75) is 24.3 Å². The van der Waals surface area contributed by atoms with Crippen LogP contribution in [-0.2, 0) is 9.84 Å². The molecule has 0 saturated heterocycles. The Morgan fingerprint density at radius 1 is 1.11 bits per heavy atom. The van der Waals surface area contributed by atoms with Crippen molar-refractivity contribution in [1.82, 2.24) is 20.3 Å². The van der Waals surface area contributed by atoms with Gasteiger partial charge < -0.3 is 20.1 Å². The summed E-state index contributed by atoms with van der Waals surface area (Å²) in [4.78, 5) is 12.5. The van der Waals surface area contributed by atoms with Crippen LogP contribution in [-0.4, -0.2) is 57.0 Å². The molecule has 0 aliphatic carbocycles. The van der Waals surface area contributed by atoms with Crippen LogP contribution in [0.25, 0.3) is 22.5 Å². The quantitative estimate of drug-likeness (QED) is 0.311. The fourth-order valence-corrected chi connectivity index (χ4v) is 4.49. The number of phenolic OH excluding ortho intramolecular Hbond substituents is 1. The van der Waals surface area contributed by atoms with Gasteiger partial charge in [-0.3, -0.25) is 4.79 Å². The van der Waals surface area contributed by atoms with Gasteiger partial charge in [0.1, 0.15) is 12.0 Å². The van der Waals surface area contributed by atoms with Crippen molar-refractivity contribution < 1.29 is 27.9 Å². The first-order valence-electron chi connectivity index (χ1n) is 11.1. The minimum Gasteiger partial charge on any atom is -0.507 e. The summed E-state index contributed by atoms with van der Waals surface area (Å²) in [5, 5.41) is 31.2. The molecule has 2 aromatic heterocycles. The maximum atomic E-state index is 12.6. The summed E-state index contributed by atoms with van der Waals surface area (Å²) < 4.78 is 30.2. The number of nitrogens with zero attached hydrogens (tertiary/aromatic N) is 3. The Hall–Kier alpha value is -3.96. The van der Waals surface area contributed by atoms with E-state index in [0.29, 0.717) is 5.76 Å². The Labute approximate surface area is 208 Å². The number of nitrogens with one attached hydrogen (secondary N) is 1. The van der Waals surface area contributed by atoms with Gasteiger partial charge in [0, 0.05) is 42.6 Å². The fraction of sp³-hybridized carbons (Fsp3) is 0.240. The van der Waals surface area contributed by atoms with E-state index in [1.165, 1.54) is 23.7 Å². The number of hydrogen-bond donors (Lipinski definition) is 3. The van der Waals surface area contributed by atoms with E-state index in [2.05, 4.69) is 15.6 Å². The predicted molar refractivity (Wildman–Crippen MR) is 133 cm³/mol. The summed E-state index contributed by atoms with van der Waals surface area (Å²) in [5.41, 5.74) is 2.46. The Morgan fingerprint density at radius 2 is 1.81 bits per heavy atom. The molecule has 0 bridgehead atoms. The zero-order chi connectivity index (χ0) is 25.9. The normalized spacial score (nSPS) is 14.2. The molecule has 36 heavy (non-hydrogen) atoms. The van der Waals surface area contributed by atoms with Gasteiger partial charge in [0.25, 0.3) is 5.91 Å². The average Bonchev–Trinajstić information content (AvgIpc) is 3.55. The molecule has 4 aromatic rings. The van der Waals surface area contributed by atoms with Crippen molar-refractivity contribution in [2.24, 2.45) is 0 Å². The second kappa shape index (κ2) is 9.96. The number of carbonyl (C=O) groups excluding carboxylic acids is 1. The molecule has 3 N–H and O–H groups in total. The van der Waals surface area contributed by atoms with Crippen LogP contribution in [0, 0.1) is 0 Å². The largest absolute Gasteiger partial charge is 0.507 e. The van der Waals surface area contributed by atoms with E-state index < -0.39 is 26.7 Å². The molecule has 11 heteroatoms. The number of carbonyl (C=O) groups is 1. The monoisotopic (exact) mass is 510 g/mol. The van der Waals surface area contributed by atoms with Crippen molar-refractivity contribution >= 4 is 15.7 Å². The first kappa shape index (κ1) is 25.1. The van der Waals surface area contributed by atoms with Gasteiger partial charge in [0.05, 0.1) is 22.7 Å². The highest BCUT2D eigenvalue weighted by Crippen LogP contribution is 2.29. The SMILES string of the molecule is CC(CNC(=O)c1ccccc1O)(CC(O)n1cc(-c2ccc(-c3ccno3)cc2)cn1)S(C)(=O)=O. The third-order valence-corrected chi connectivity index (χ3v) is 8.23. The number of sulfone groups is 1. The minimum absolute atomic E-state index is 0.0277. The molecule has 1 amide bonds. The zero-order valence-electron chi connectivity index (χ0n) is 19.7. The average molecular weight is 511 g/mol. The third kappa shape index (κ3) is 5.31. The summed E-state index contributed by atoms with van der Waals surface area (Å²) in [7, 11) is -3.72. The molecular weight excluding hydrogens is 484 g/mol. The van der Waals surface area contributed by atoms with Gasteiger partial charge in [-0.25, -0.2) is 13.1 Å². The second-order valence-electron chi connectivity index (χ2n) is 8.77. The molecule has 2 aromatic carbocycles. The Balaban J connectivity index is 1.47. The lowest BCUT2D eigenvalue weighted by molar-refractivity contribution is 0.0689. The molecule has 2 heterocycles. The molecule has 10 nitrogen and oxygen atoms in total. The van der Waals surface area contributed by atoms with Crippen LogP contribution >= 0.6 is 0 Å². The van der Waals surface area contributed by atoms with E-state index >= 15 is 0 Å². The topological polar surface area (TPSA) is 148 Å². The molecule has 4 rings (SSSR count). The summed E-state index contributed by atoms with van der Waals surface area (Å²) in [6.07, 6.45) is 4.32. The van der Waals surface area contributed by atoms with Gasteiger partial charge in [-0.05, 0) is 24.6 Å². The lowest BCUT2D eigenvalue weighted by atomic mass is 10.0. The first-order chi connectivity index (χ1) is 17.1. The second-order valence-corrected chi connectivity index (χ2v) is 11.3. The smallest absolute Gasteiger partial charge is 0.255 e. The van der Waals surface area contributed by atoms with Gasteiger partial charge in [-0.15, -0.1) is 0 Å². The maximum Gasteiger partial charge on any atom is 0.255 e. The molecule has 2 atom stereocenters. The van der Waals surface area contributed by atoms with Gasteiger partial charge in [-0.1, -0.05) is 41.6 Å². The van der Waals surface area contributed by atoms with E-state index in [1.807, 2.05) is 24.3 Å². The van der Waals surface area contributed by atoms with Crippen LogP contribution in [0.5, 0.6) is 5.75 Å². The molecular formula is C25H26N4O6S. The Kier molecular flexibility index (Phi) is 6.95. The Morgan fingerprint density at radius 3 is 2.44 bits per heavy atom. The number of amides is 1. The van der Waals surface area contributed by atoms with E-state index in [9.17, 15) is 23.4 Å². The number of aromatic nitrogens is 3. The number of para-hydroxylation sites is 1. The molecule has 2 unspecified atom stereocenters. The Bertz CT molecular complexity index is 1450. The van der Waals surface area contributed by atoms with Crippen molar-refractivity contribution in [3.05, 3.63) is 78.8 Å². The molecule has 188 valence electrons. The van der Waals surface area contributed by atoms with E-state index in [0.717, 1.165) is 22.9 Å². The summed E-state index contributed by atoms with van der Waals surface area (Å²) >= 11 is 0. The fourth-order valence-electron chi connectivity index (χ4n) is 3.70. The zero-order valence-corrected chi connectivity index (χ0v) is 20.5. The molecule has 0 saturated carbocycles. The first-order valence-corrected chi connectivity index (χ1v) is 13.0. The number of phenols is 1. The highest BCUT2D eigenvalue weighted by Gasteiger charge is 2.39. The lowest BCUT2D eigenvalue weighted by Crippen LogP contribution is -2.47. The predicted octanol–water partition coefficient (Wildman–Crippen LogP) is 3.03. The van der Waals surface area contributed by atoms with Crippen molar-refractivity contribution in [3.8, 4) is 28.2 Å². The standard InChI is InChI=1S/C25H26N4O6S/c1-25(36(2,33)34,16-26-24(32)20-5-3-4-6-21(20)30)13-23(31)29-15-19(14-27-29)17-7-9-18(10-8-17)22-11-12-28-35-22/h3-12,14-15,23,30-31H,13,16H2,1-2H3,(H,26,32). The third-order valence-electron chi connectivity index (χ3n) is 6.13. The number of benzene rings is 2. The lowest BCUT2D eigenvalue weighted by Gasteiger charge is -2.30. The number of aliphatic hydroxyl groups excluding tert-OH is 1. The van der Waals surface area contributed by atoms with Crippen LogP contribution in [0.2, 0.25) is 0 Å². The maximum absolute atomic E-state index is 12.6. The van der Waals surface area contributed by atoms with Gasteiger partial charge >= 0.3 is 0 Å². The highest BCUT2D eigenvalue weighted by molar-refractivity contribution is 7.92. The molecule has 0 spiro atoms. The van der Waals surface area contributed by atoms with Crippen molar-refractivity contribution in [3.63, 3.8) is 0 Å². The van der Waals surface area contributed by atoms with E-state index in [4.69, 9.17) is 4.52 Å². The molecule has 0 aliphatic rings. The molecule has 0 aliphatic heterocycles. The summed E-state index contributed by atoms with van der Waals surface area (Å²) in [5.74, 6) is -0.191. The van der Waals surface area contributed by atoms with Crippen LogP contribution in [0.3, 0.4) is 0 Å². The number of rotatable bonds is 9. The minimum atomic E-state index is -3.72. The van der Waals surface area contributed by atoms with Crippen LogP contribution < -0.4 is 5.32 Å². The van der Waals surface area contributed by atoms with Crippen LogP contribution in [0.15, 0.2) is 77.7 Å². The van der Waals surface area contributed by atoms with Gasteiger partial charge in [0.15, 0.2) is 15.6 Å². The van der Waals surface area contributed by atoms with Gasteiger partial charge in [-0.2, -0.15) is 5.10 Å². The summed E-state index contributed by atoms with van der Waals surface area (Å²) in [6, 6.07) is 15.2. The van der Waals surface area contributed by atoms with E-state index in [-0.39, 0.29) is 24.3 Å². The summed E-state index contributed by atoms with van der Waals surface area (Å²) in [6.45, 7) is 1.18. The van der Waals surface area contributed by atoms with Crippen LogP contribution in [0.4, 0.5) is 0 Å². The number of aliphatic hydroxyl groups is 1. The molecule has 0 radical (unpaired) electrons. The highest BCUT2D eigenvalue weighted by atomic mass is 32.2. The van der Waals surface area contributed by atoms with Gasteiger partial charge in [0.2, 0.25) is 0 Å². The van der Waals surface area contributed by atoms with E-state index in [1.54, 1.807) is 36.8 Å². The van der Waals surface area contributed by atoms with Crippen molar-refractivity contribution in [2.75, 3.05) is 12.8 Å².